The lowest BCUT2D eigenvalue weighted by atomic mass is 10.2. The highest BCUT2D eigenvalue weighted by molar-refractivity contribution is 8.15. The molecule has 3 rings (SSSR count). The molecule has 1 saturated heterocycles. The van der Waals surface area contributed by atoms with Crippen LogP contribution in [-0.4, -0.2) is 55.0 Å². The number of nitrogens with one attached hydrogen (secondary N) is 1. The fourth-order valence-electron chi connectivity index (χ4n) is 3.05. The summed E-state index contributed by atoms with van der Waals surface area (Å²) < 4.78 is 15.6. The van der Waals surface area contributed by atoms with E-state index in [0.29, 0.717) is 34.6 Å². The van der Waals surface area contributed by atoms with Crippen LogP contribution < -0.4 is 19.5 Å². The molecule has 0 spiro atoms. The van der Waals surface area contributed by atoms with E-state index in [1.807, 2.05) is 31.2 Å². The molecule has 2 amide bonds. The van der Waals surface area contributed by atoms with Crippen LogP contribution in [0.3, 0.4) is 0 Å². The number of thioether (sulfide) groups is 1. The number of methoxy groups -OCH3 is 3. The lowest BCUT2D eigenvalue weighted by Crippen LogP contribution is -2.33. The Morgan fingerprint density at radius 1 is 1.06 bits per heavy atom. The van der Waals surface area contributed by atoms with E-state index >= 15 is 0 Å². The summed E-state index contributed by atoms with van der Waals surface area (Å²) >= 11 is 1.29. The smallest absolute Gasteiger partial charge is 0.242 e. The molecular weight excluding hydrogens is 418 g/mol. The van der Waals surface area contributed by atoms with Crippen molar-refractivity contribution in [2.24, 2.45) is 4.99 Å². The molecule has 2 aromatic rings. The number of aliphatic imine (C=N–C) groups is 1. The summed E-state index contributed by atoms with van der Waals surface area (Å²) in [6.07, 6.45) is 0.0246. The molecule has 1 atom stereocenters. The second-order valence-corrected chi connectivity index (χ2v) is 7.77. The number of hydrogen-bond donors (Lipinski definition) is 1. The second kappa shape index (κ2) is 10.2. The number of amides is 2. The van der Waals surface area contributed by atoms with Gasteiger partial charge in [0.25, 0.3) is 0 Å². The Balaban J connectivity index is 1.71. The maximum Gasteiger partial charge on any atom is 0.242 e. The van der Waals surface area contributed by atoms with Gasteiger partial charge in [-0.25, -0.2) is 4.99 Å². The highest BCUT2D eigenvalue weighted by atomic mass is 32.2. The summed E-state index contributed by atoms with van der Waals surface area (Å²) in [5.41, 5.74) is 1.23. The molecule has 1 aliphatic rings. The van der Waals surface area contributed by atoms with Crippen molar-refractivity contribution in [3.63, 3.8) is 0 Å². The Hall–Kier alpha value is -3.20. The molecule has 0 unspecified atom stereocenters. The summed E-state index contributed by atoms with van der Waals surface area (Å²) in [4.78, 5) is 31.6. The summed E-state index contributed by atoms with van der Waals surface area (Å²) in [6.45, 7) is 2.36. The van der Waals surface area contributed by atoms with E-state index in [2.05, 4.69) is 10.3 Å². The highest BCUT2D eigenvalue weighted by Crippen LogP contribution is 2.33. The van der Waals surface area contributed by atoms with Gasteiger partial charge in [-0.05, 0) is 43.3 Å². The molecule has 9 heteroatoms. The number of ether oxygens (including phenoxy) is 3. The molecule has 1 N–H and O–H groups in total. The van der Waals surface area contributed by atoms with Gasteiger partial charge in [0.1, 0.15) is 22.5 Å². The zero-order valence-electron chi connectivity index (χ0n) is 17.9. The maximum absolute atomic E-state index is 12.8. The summed E-state index contributed by atoms with van der Waals surface area (Å²) in [6, 6.07) is 12.4. The standard InChI is InChI=1S/C22H25N3O5S/c1-5-25-21(27)19(31-22(25)23-14-6-8-15(28-2)9-7-14)13-20(26)24-17-11-10-16(29-3)12-18(17)30-4/h6-12,19H,5,13H2,1-4H3,(H,24,26)/t19-/m0/s1. The zero-order chi connectivity index (χ0) is 22.4. The van der Waals surface area contributed by atoms with E-state index in [1.54, 1.807) is 37.3 Å². The Bertz CT molecular complexity index is 978. The van der Waals surface area contributed by atoms with Gasteiger partial charge in [-0.2, -0.15) is 0 Å². The lowest BCUT2D eigenvalue weighted by molar-refractivity contribution is -0.128. The lowest BCUT2D eigenvalue weighted by Gasteiger charge is -2.14. The first-order chi connectivity index (χ1) is 15.0. The molecule has 0 aromatic heterocycles. The molecule has 0 radical (unpaired) electrons. The van der Waals surface area contributed by atoms with E-state index in [4.69, 9.17) is 14.2 Å². The van der Waals surface area contributed by atoms with Crippen molar-refractivity contribution < 1.29 is 23.8 Å². The molecule has 31 heavy (non-hydrogen) atoms. The van der Waals surface area contributed by atoms with Crippen molar-refractivity contribution in [2.45, 2.75) is 18.6 Å². The number of benzene rings is 2. The highest BCUT2D eigenvalue weighted by Gasteiger charge is 2.38. The molecule has 0 aliphatic carbocycles. The molecular formula is C22H25N3O5S. The molecule has 1 fully saturated rings. The largest absolute Gasteiger partial charge is 0.497 e. The van der Waals surface area contributed by atoms with Crippen LogP contribution >= 0.6 is 11.8 Å². The molecule has 0 saturated carbocycles. The van der Waals surface area contributed by atoms with Crippen LogP contribution in [0.5, 0.6) is 17.2 Å². The Labute approximate surface area is 185 Å². The van der Waals surface area contributed by atoms with Gasteiger partial charge in [0.05, 0.1) is 32.7 Å². The van der Waals surface area contributed by atoms with Gasteiger partial charge in [0, 0.05) is 19.0 Å². The van der Waals surface area contributed by atoms with E-state index in [9.17, 15) is 9.59 Å². The first-order valence-corrected chi connectivity index (χ1v) is 10.6. The quantitative estimate of drug-likeness (QED) is 0.669. The number of rotatable bonds is 8. The Morgan fingerprint density at radius 3 is 2.35 bits per heavy atom. The maximum atomic E-state index is 12.8. The van der Waals surface area contributed by atoms with Crippen LogP contribution in [0.1, 0.15) is 13.3 Å². The Morgan fingerprint density at radius 2 is 1.74 bits per heavy atom. The molecule has 164 valence electrons. The van der Waals surface area contributed by atoms with E-state index < -0.39 is 5.25 Å². The third-order valence-electron chi connectivity index (χ3n) is 4.69. The minimum Gasteiger partial charge on any atom is -0.497 e. The zero-order valence-corrected chi connectivity index (χ0v) is 18.7. The van der Waals surface area contributed by atoms with Crippen LogP contribution in [-0.2, 0) is 9.59 Å². The van der Waals surface area contributed by atoms with Crippen molar-refractivity contribution in [2.75, 3.05) is 33.2 Å². The fourth-order valence-corrected chi connectivity index (χ4v) is 4.28. The average Bonchev–Trinajstić information content (AvgIpc) is 3.08. The SMILES string of the molecule is CCN1C(=O)[C@H](CC(=O)Nc2ccc(OC)cc2OC)SC1=Nc1ccc(OC)cc1. The van der Waals surface area contributed by atoms with Crippen LogP contribution in [0.25, 0.3) is 0 Å². The molecule has 0 bridgehead atoms. The first kappa shape index (κ1) is 22.5. The van der Waals surface area contributed by atoms with Crippen LogP contribution in [0.2, 0.25) is 0 Å². The predicted molar refractivity (Wildman–Crippen MR) is 122 cm³/mol. The number of carbonyl (C=O) groups excluding carboxylic acids is 2. The number of anilines is 1. The van der Waals surface area contributed by atoms with Crippen molar-refractivity contribution in [1.82, 2.24) is 4.90 Å². The van der Waals surface area contributed by atoms with Gasteiger partial charge >= 0.3 is 0 Å². The third kappa shape index (κ3) is 5.29. The number of carbonyl (C=O) groups is 2. The van der Waals surface area contributed by atoms with Gasteiger partial charge < -0.3 is 19.5 Å². The van der Waals surface area contributed by atoms with Gasteiger partial charge in [0.15, 0.2) is 5.17 Å². The van der Waals surface area contributed by atoms with Gasteiger partial charge in [-0.15, -0.1) is 0 Å². The number of hydrogen-bond acceptors (Lipinski definition) is 7. The summed E-state index contributed by atoms with van der Waals surface area (Å²) in [5.74, 6) is 1.42. The normalized spacial score (nSPS) is 17.0. The van der Waals surface area contributed by atoms with E-state index in [-0.39, 0.29) is 18.2 Å². The number of amidine groups is 1. The van der Waals surface area contributed by atoms with E-state index in [1.165, 1.54) is 18.9 Å². The van der Waals surface area contributed by atoms with Gasteiger partial charge in [-0.1, -0.05) is 11.8 Å². The van der Waals surface area contributed by atoms with Crippen molar-refractivity contribution in [3.8, 4) is 17.2 Å². The van der Waals surface area contributed by atoms with Crippen molar-refractivity contribution >= 4 is 40.1 Å². The topological polar surface area (TPSA) is 89.5 Å². The molecule has 2 aromatic carbocycles. The van der Waals surface area contributed by atoms with Gasteiger partial charge in [0.2, 0.25) is 11.8 Å². The summed E-state index contributed by atoms with van der Waals surface area (Å²) in [5, 5.41) is 2.85. The van der Waals surface area contributed by atoms with Gasteiger partial charge in [-0.3, -0.25) is 14.5 Å². The minimum absolute atomic E-state index is 0.0246. The van der Waals surface area contributed by atoms with E-state index in [0.717, 1.165) is 5.75 Å². The minimum atomic E-state index is -0.541. The molecule has 8 nitrogen and oxygen atoms in total. The number of nitrogens with zero attached hydrogens (tertiary/aromatic N) is 2. The molecule has 1 aliphatic heterocycles. The van der Waals surface area contributed by atoms with Crippen LogP contribution in [0.15, 0.2) is 47.5 Å². The summed E-state index contributed by atoms with van der Waals surface area (Å²) in [7, 11) is 4.67. The predicted octanol–water partition coefficient (Wildman–Crippen LogP) is 3.69. The second-order valence-electron chi connectivity index (χ2n) is 6.60. The Kier molecular flexibility index (Phi) is 7.41. The van der Waals surface area contributed by atoms with Crippen LogP contribution in [0, 0.1) is 0 Å². The van der Waals surface area contributed by atoms with Crippen molar-refractivity contribution in [1.29, 1.82) is 0 Å². The third-order valence-corrected chi connectivity index (χ3v) is 5.86. The van der Waals surface area contributed by atoms with Crippen molar-refractivity contribution in [3.05, 3.63) is 42.5 Å². The fraction of sp³-hybridized carbons (Fsp3) is 0.318. The first-order valence-electron chi connectivity index (χ1n) is 9.71. The average molecular weight is 444 g/mol. The monoisotopic (exact) mass is 443 g/mol. The molecule has 1 heterocycles. The van der Waals surface area contributed by atoms with Crippen LogP contribution in [0.4, 0.5) is 11.4 Å².